The molecule has 0 radical (unpaired) electrons. The van der Waals surface area contributed by atoms with Gasteiger partial charge in [0.1, 0.15) is 11.6 Å². The Morgan fingerprint density at radius 3 is 2.58 bits per heavy atom. The number of carbonyl (C=O) groups excluding carboxylic acids is 1. The van der Waals surface area contributed by atoms with E-state index in [-0.39, 0.29) is 11.5 Å². The summed E-state index contributed by atoms with van der Waals surface area (Å²) in [5, 5.41) is 0. The Morgan fingerprint density at radius 1 is 1.31 bits per heavy atom. The van der Waals surface area contributed by atoms with Crippen LogP contribution in [0.15, 0.2) is 39.9 Å². The smallest absolute Gasteiger partial charge is 0.330 e. The maximum absolute atomic E-state index is 12.7. The summed E-state index contributed by atoms with van der Waals surface area (Å²) in [5.41, 5.74) is 4.67. The molecule has 1 unspecified atom stereocenters. The number of nitrogens with zero attached hydrogens (tertiary/aromatic N) is 2. The van der Waals surface area contributed by atoms with Crippen LogP contribution in [-0.4, -0.2) is 28.6 Å². The molecular weight excluding hydrogens is 336 g/mol. The molecule has 1 atom stereocenters. The van der Waals surface area contributed by atoms with Gasteiger partial charge >= 0.3 is 5.69 Å². The Hall–Kier alpha value is -3.03. The van der Waals surface area contributed by atoms with Crippen molar-refractivity contribution in [1.82, 2.24) is 9.55 Å². The molecule has 0 saturated heterocycles. The van der Waals surface area contributed by atoms with Gasteiger partial charge in [0.2, 0.25) is 0 Å². The molecule has 0 saturated carbocycles. The van der Waals surface area contributed by atoms with Gasteiger partial charge in [-0.3, -0.25) is 19.1 Å². The number of hydrogen-bond donors (Lipinski definition) is 2. The second-order valence-electron chi connectivity index (χ2n) is 5.97. The number of carbonyl (C=O) groups is 1. The van der Waals surface area contributed by atoms with E-state index in [1.807, 2.05) is 13.0 Å². The van der Waals surface area contributed by atoms with E-state index in [0.29, 0.717) is 12.3 Å². The van der Waals surface area contributed by atoms with Crippen molar-refractivity contribution in [1.29, 1.82) is 0 Å². The van der Waals surface area contributed by atoms with Gasteiger partial charge in [0.15, 0.2) is 11.8 Å². The SMILES string of the molecule is CCCCn1c(N)c(N(C)C(=O)C(C)Oc2ccccc2)c(=O)[nH]c1=O. The van der Waals surface area contributed by atoms with Crippen LogP contribution >= 0.6 is 0 Å². The third-order valence-electron chi connectivity index (χ3n) is 4.02. The Bertz CT molecular complexity index is 873. The molecule has 2 aromatic rings. The van der Waals surface area contributed by atoms with E-state index in [4.69, 9.17) is 10.5 Å². The average molecular weight is 360 g/mol. The lowest BCUT2D eigenvalue weighted by atomic mass is 10.3. The lowest BCUT2D eigenvalue weighted by Crippen LogP contribution is -2.43. The van der Waals surface area contributed by atoms with E-state index in [0.717, 1.165) is 17.7 Å². The number of hydrogen-bond acceptors (Lipinski definition) is 5. The molecule has 0 aliphatic heterocycles. The lowest BCUT2D eigenvalue weighted by molar-refractivity contribution is -0.124. The van der Waals surface area contributed by atoms with Gasteiger partial charge in [0, 0.05) is 13.6 Å². The number of nitrogens with two attached hydrogens (primary N) is 1. The topological polar surface area (TPSA) is 110 Å². The van der Waals surface area contributed by atoms with Gasteiger partial charge in [-0.25, -0.2) is 4.79 Å². The van der Waals surface area contributed by atoms with Crippen molar-refractivity contribution < 1.29 is 9.53 Å². The molecule has 3 N–H and O–H groups in total. The number of likely N-dealkylation sites (N-methyl/N-ethyl adjacent to an activating group) is 1. The van der Waals surface area contributed by atoms with E-state index in [1.165, 1.54) is 11.6 Å². The maximum atomic E-state index is 12.7. The second-order valence-corrected chi connectivity index (χ2v) is 5.97. The van der Waals surface area contributed by atoms with Crippen molar-refractivity contribution in [2.24, 2.45) is 0 Å². The Kier molecular flexibility index (Phi) is 6.21. The molecule has 0 bridgehead atoms. The quantitative estimate of drug-likeness (QED) is 0.774. The maximum Gasteiger partial charge on any atom is 0.330 e. The molecule has 0 spiro atoms. The summed E-state index contributed by atoms with van der Waals surface area (Å²) in [5.74, 6) is 0.0539. The van der Waals surface area contributed by atoms with E-state index in [1.54, 1.807) is 31.2 Å². The molecule has 140 valence electrons. The van der Waals surface area contributed by atoms with E-state index in [9.17, 15) is 14.4 Å². The van der Waals surface area contributed by atoms with Gasteiger partial charge in [-0.15, -0.1) is 0 Å². The van der Waals surface area contributed by atoms with Gasteiger partial charge in [0.25, 0.3) is 11.5 Å². The first kappa shape index (κ1) is 19.3. The summed E-state index contributed by atoms with van der Waals surface area (Å²) in [6.07, 6.45) is 0.745. The fourth-order valence-corrected chi connectivity index (χ4v) is 2.58. The summed E-state index contributed by atoms with van der Waals surface area (Å²) < 4.78 is 6.88. The van der Waals surface area contributed by atoms with Crippen molar-refractivity contribution in [3.8, 4) is 5.75 Å². The number of aromatic amines is 1. The number of aromatic nitrogens is 2. The number of anilines is 2. The first-order valence-electron chi connectivity index (χ1n) is 8.48. The van der Waals surface area contributed by atoms with Crippen molar-refractivity contribution in [3.05, 3.63) is 51.2 Å². The van der Waals surface area contributed by atoms with Gasteiger partial charge < -0.3 is 15.4 Å². The van der Waals surface area contributed by atoms with E-state index in [2.05, 4.69) is 4.98 Å². The number of amides is 1. The Morgan fingerprint density at radius 2 is 1.96 bits per heavy atom. The molecular formula is C18H24N4O4. The van der Waals surface area contributed by atoms with Gasteiger partial charge in [0.05, 0.1) is 0 Å². The molecule has 8 heteroatoms. The van der Waals surface area contributed by atoms with Crippen LogP contribution in [0, 0.1) is 0 Å². The van der Waals surface area contributed by atoms with Crippen LogP contribution in [0.2, 0.25) is 0 Å². The third kappa shape index (κ3) is 4.14. The molecule has 0 fully saturated rings. The average Bonchev–Trinajstić information content (AvgIpc) is 2.61. The summed E-state index contributed by atoms with van der Waals surface area (Å²) in [7, 11) is 1.43. The minimum absolute atomic E-state index is 0.0324. The van der Waals surface area contributed by atoms with Crippen LogP contribution in [0.3, 0.4) is 0 Å². The molecule has 0 aliphatic rings. The Labute approximate surface area is 151 Å². The minimum atomic E-state index is -0.836. The summed E-state index contributed by atoms with van der Waals surface area (Å²) >= 11 is 0. The minimum Gasteiger partial charge on any atom is -0.481 e. The number of unbranched alkanes of at least 4 members (excludes halogenated alkanes) is 1. The van der Waals surface area contributed by atoms with Gasteiger partial charge in [-0.1, -0.05) is 31.5 Å². The van der Waals surface area contributed by atoms with E-state index >= 15 is 0 Å². The zero-order valence-electron chi connectivity index (χ0n) is 15.2. The zero-order chi connectivity index (χ0) is 19.3. The van der Waals surface area contributed by atoms with Crippen molar-refractivity contribution in [2.45, 2.75) is 39.3 Å². The summed E-state index contributed by atoms with van der Waals surface area (Å²) in [6.45, 7) is 3.93. The van der Waals surface area contributed by atoms with E-state index < -0.39 is 23.3 Å². The van der Waals surface area contributed by atoms with Gasteiger partial charge in [-0.05, 0) is 25.5 Å². The predicted octanol–water partition coefficient (Wildman–Crippen LogP) is 1.35. The van der Waals surface area contributed by atoms with Gasteiger partial charge in [-0.2, -0.15) is 0 Å². The van der Waals surface area contributed by atoms with Crippen LogP contribution in [-0.2, 0) is 11.3 Å². The molecule has 26 heavy (non-hydrogen) atoms. The molecule has 1 amide bonds. The number of benzene rings is 1. The molecule has 1 aromatic heterocycles. The number of rotatable bonds is 7. The van der Waals surface area contributed by atoms with Crippen LogP contribution in [0.1, 0.15) is 26.7 Å². The second kappa shape index (κ2) is 8.37. The zero-order valence-corrected chi connectivity index (χ0v) is 15.2. The van der Waals surface area contributed by atoms with Crippen molar-refractivity contribution in [3.63, 3.8) is 0 Å². The monoisotopic (exact) mass is 360 g/mol. The standard InChI is InChI=1S/C18H24N4O4/c1-4-5-11-22-15(19)14(16(23)20-18(22)25)21(3)17(24)12(2)26-13-9-7-6-8-10-13/h6-10,12H,4-5,11,19H2,1-3H3,(H,20,23,25). The lowest BCUT2D eigenvalue weighted by Gasteiger charge is -2.23. The summed E-state index contributed by atoms with van der Waals surface area (Å²) in [6, 6.07) is 8.89. The fraction of sp³-hybridized carbons (Fsp3) is 0.389. The molecule has 8 nitrogen and oxygen atoms in total. The molecule has 2 rings (SSSR count). The van der Waals surface area contributed by atoms with Crippen LogP contribution < -0.4 is 26.6 Å². The highest BCUT2D eigenvalue weighted by atomic mass is 16.5. The fourth-order valence-electron chi connectivity index (χ4n) is 2.58. The highest BCUT2D eigenvalue weighted by molar-refractivity contribution is 5.97. The van der Waals surface area contributed by atoms with Crippen LogP contribution in [0.4, 0.5) is 11.5 Å². The number of nitrogen functional groups attached to an aromatic ring is 1. The number of nitrogens with one attached hydrogen (secondary N) is 1. The largest absolute Gasteiger partial charge is 0.481 e. The predicted molar refractivity (Wildman–Crippen MR) is 101 cm³/mol. The van der Waals surface area contributed by atoms with Crippen LogP contribution in [0.5, 0.6) is 5.75 Å². The number of H-pyrrole nitrogens is 1. The molecule has 0 aliphatic carbocycles. The summed E-state index contributed by atoms with van der Waals surface area (Å²) in [4.78, 5) is 40.2. The van der Waals surface area contributed by atoms with Crippen molar-refractivity contribution >= 4 is 17.4 Å². The first-order chi connectivity index (χ1) is 12.4. The highest BCUT2D eigenvalue weighted by Crippen LogP contribution is 2.18. The number of para-hydroxylation sites is 1. The normalized spacial score (nSPS) is 11.8. The first-order valence-corrected chi connectivity index (χ1v) is 8.48. The molecule has 1 aromatic carbocycles. The van der Waals surface area contributed by atoms with Crippen molar-refractivity contribution in [2.75, 3.05) is 17.7 Å². The number of ether oxygens (including phenoxy) is 1. The molecule has 1 heterocycles. The highest BCUT2D eigenvalue weighted by Gasteiger charge is 2.25. The third-order valence-corrected chi connectivity index (χ3v) is 4.02. The Balaban J connectivity index is 2.30. The van der Waals surface area contributed by atoms with Crippen LogP contribution in [0.25, 0.3) is 0 Å².